The number of rotatable bonds is 7. The lowest BCUT2D eigenvalue weighted by Crippen LogP contribution is -2.17. The maximum Gasteiger partial charge on any atom is 0.412 e. The minimum Gasteiger partial charge on any atom is -0.487 e. The molecule has 0 heterocycles. The normalized spacial score (nSPS) is 9.83. The number of anilines is 1. The first kappa shape index (κ1) is 17.1. The lowest BCUT2D eigenvalue weighted by atomic mass is 10.1. The lowest BCUT2D eigenvalue weighted by molar-refractivity contribution is 0.0697. The van der Waals surface area contributed by atoms with Crippen LogP contribution in [0.1, 0.15) is 15.9 Å². The molecule has 24 heavy (non-hydrogen) atoms. The summed E-state index contributed by atoms with van der Waals surface area (Å²) in [6, 6.07) is 13.9. The number of hydrogen-bond donors (Lipinski definition) is 2. The first-order chi connectivity index (χ1) is 11.6. The summed E-state index contributed by atoms with van der Waals surface area (Å²) >= 11 is 0. The summed E-state index contributed by atoms with van der Waals surface area (Å²) in [5.41, 5.74) is 0.879. The number of carbonyl (C=O) groups excluding carboxylic acids is 1. The molecule has 0 atom stereocenters. The van der Waals surface area contributed by atoms with E-state index in [1.807, 2.05) is 30.3 Å². The molecule has 1 amide bonds. The van der Waals surface area contributed by atoms with E-state index < -0.39 is 12.1 Å². The van der Waals surface area contributed by atoms with Crippen molar-refractivity contribution in [3.63, 3.8) is 0 Å². The van der Waals surface area contributed by atoms with Crippen molar-refractivity contribution in [1.29, 1.82) is 0 Å². The number of benzene rings is 2. The molecule has 0 saturated heterocycles. The van der Waals surface area contributed by atoms with Gasteiger partial charge in [-0.2, -0.15) is 0 Å². The Morgan fingerprint density at radius 3 is 2.54 bits per heavy atom. The predicted octanol–water partition coefficient (Wildman–Crippen LogP) is 3.70. The van der Waals surface area contributed by atoms with Crippen molar-refractivity contribution in [2.24, 2.45) is 0 Å². The van der Waals surface area contributed by atoms with Crippen molar-refractivity contribution in [2.45, 2.75) is 6.61 Å². The number of nitrogens with one attached hydrogen (secondary N) is 1. The first-order valence-corrected chi connectivity index (χ1v) is 7.19. The molecule has 0 spiro atoms. The van der Waals surface area contributed by atoms with Crippen LogP contribution in [0.25, 0.3) is 0 Å². The molecular formula is C18H17NO5. The van der Waals surface area contributed by atoms with E-state index in [1.54, 1.807) is 12.1 Å². The molecule has 0 radical (unpaired) electrons. The highest BCUT2D eigenvalue weighted by Crippen LogP contribution is 2.29. The van der Waals surface area contributed by atoms with Crippen LogP contribution in [0.15, 0.2) is 61.2 Å². The molecule has 6 heteroatoms. The number of aromatic carboxylic acids is 1. The Kier molecular flexibility index (Phi) is 5.96. The van der Waals surface area contributed by atoms with E-state index in [-0.39, 0.29) is 30.2 Å². The van der Waals surface area contributed by atoms with Gasteiger partial charge < -0.3 is 14.6 Å². The number of amides is 1. The lowest BCUT2D eigenvalue weighted by Gasteiger charge is -2.14. The zero-order valence-corrected chi connectivity index (χ0v) is 12.9. The second-order valence-electron chi connectivity index (χ2n) is 4.77. The molecule has 2 aromatic carbocycles. The predicted molar refractivity (Wildman–Crippen MR) is 89.3 cm³/mol. The molecule has 2 rings (SSSR count). The van der Waals surface area contributed by atoms with Crippen molar-refractivity contribution >= 4 is 17.7 Å². The van der Waals surface area contributed by atoms with Gasteiger partial charge in [0.1, 0.15) is 24.7 Å². The fourth-order valence-corrected chi connectivity index (χ4v) is 1.97. The van der Waals surface area contributed by atoms with E-state index in [0.29, 0.717) is 0 Å². The van der Waals surface area contributed by atoms with Gasteiger partial charge in [-0.15, -0.1) is 0 Å². The van der Waals surface area contributed by atoms with Gasteiger partial charge in [-0.05, 0) is 17.7 Å². The highest BCUT2D eigenvalue weighted by Gasteiger charge is 2.18. The van der Waals surface area contributed by atoms with E-state index in [9.17, 15) is 14.7 Å². The summed E-state index contributed by atoms with van der Waals surface area (Å²) in [6.45, 7) is 3.69. The largest absolute Gasteiger partial charge is 0.487 e. The standard InChI is InChI=1S/C18H17NO5/c1-2-11-23-18(22)19-16-14(17(20)21)9-6-10-15(16)24-12-13-7-4-3-5-8-13/h2-10H,1,11-12H2,(H,19,22)(H,20,21). The summed E-state index contributed by atoms with van der Waals surface area (Å²) in [5.74, 6) is -0.937. The molecule has 2 N–H and O–H groups in total. The van der Waals surface area contributed by atoms with Crippen molar-refractivity contribution in [2.75, 3.05) is 11.9 Å². The second kappa shape index (κ2) is 8.38. The Bertz CT molecular complexity index is 727. The Morgan fingerprint density at radius 1 is 1.12 bits per heavy atom. The molecule has 2 aromatic rings. The summed E-state index contributed by atoms with van der Waals surface area (Å²) < 4.78 is 10.5. The summed E-state index contributed by atoms with van der Waals surface area (Å²) in [6.07, 6.45) is 0.628. The average molecular weight is 327 g/mol. The van der Waals surface area contributed by atoms with Gasteiger partial charge in [0.2, 0.25) is 0 Å². The Hall–Kier alpha value is -3.28. The average Bonchev–Trinajstić information content (AvgIpc) is 2.59. The van der Waals surface area contributed by atoms with E-state index >= 15 is 0 Å². The van der Waals surface area contributed by atoms with E-state index in [1.165, 1.54) is 12.1 Å². The number of carboxylic acid groups (broad SMARTS) is 1. The van der Waals surface area contributed by atoms with Gasteiger partial charge in [0.05, 0.1) is 5.56 Å². The number of carboxylic acids is 1. The fraction of sp³-hybridized carbons (Fsp3) is 0.111. The Balaban J connectivity index is 2.22. The van der Waals surface area contributed by atoms with Crippen molar-refractivity contribution in [3.05, 3.63) is 72.3 Å². The topological polar surface area (TPSA) is 84.9 Å². The van der Waals surface area contributed by atoms with E-state index in [0.717, 1.165) is 5.56 Å². The summed E-state index contributed by atoms with van der Waals surface area (Å²) in [4.78, 5) is 23.1. The number of para-hydroxylation sites is 1. The van der Waals surface area contributed by atoms with E-state index in [4.69, 9.17) is 9.47 Å². The van der Waals surface area contributed by atoms with Gasteiger partial charge in [-0.3, -0.25) is 5.32 Å². The molecule has 0 unspecified atom stereocenters. The summed E-state index contributed by atoms with van der Waals surface area (Å²) in [5, 5.41) is 11.7. The van der Waals surface area contributed by atoms with Gasteiger partial charge in [0.25, 0.3) is 0 Å². The quantitative estimate of drug-likeness (QED) is 0.757. The van der Waals surface area contributed by atoms with Crippen LogP contribution >= 0.6 is 0 Å². The molecule has 6 nitrogen and oxygen atoms in total. The highest BCUT2D eigenvalue weighted by atomic mass is 16.5. The molecule has 0 bridgehead atoms. The van der Waals surface area contributed by atoms with Crippen LogP contribution in [0.2, 0.25) is 0 Å². The molecule has 0 aliphatic heterocycles. The maximum absolute atomic E-state index is 11.7. The van der Waals surface area contributed by atoms with Gasteiger partial charge in [0, 0.05) is 0 Å². The molecule has 0 aromatic heterocycles. The van der Waals surface area contributed by atoms with Crippen LogP contribution in [0.3, 0.4) is 0 Å². The molecule has 0 saturated carbocycles. The molecular weight excluding hydrogens is 310 g/mol. The van der Waals surface area contributed by atoms with Crippen LogP contribution in [-0.4, -0.2) is 23.8 Å². The molecule has 0 fully saturated rings. The van der Waals surface area contributed by atoms with Crippen LogP contribution in [0, 0.1) is 0 Å². The summed E-state index contributed by atoms with van der Waals surface area (Å²) in [7, 11) is 0. The third kappa shape index (κ3) is 4.61. The SMILES string of the molecule is C=CCOC(=O)Nc1c(OCc2ccccc2)cccc1C(=O)O. The van der Waals surface area contributed by atoms with Gasteiger partial charge in [-0.25, -0.2) is 9.59 Å². The zero-order chi connectivity index (χ0) is 17.4. The minimum atomic E-state index is -1.18. The number of hydrogen-bond acceptors (Lipinski definition) is 4. The Morgan fingerprint density at radius 2 is 1.88 bits per heavy atom. The third-order valence-corrected chi connectivity index (χ3v) is 3.05. The smallest absolute Gasteiger partial charge is 0.412 e. The fourth-order valence-electron chi connectivity index (χ4n) is 1.97. The van der Waals surface area contributed by atoms with Gasteiger partial charge in [0.15, 0.2) is 0 Å². The first-order valence-electron chi connectivity index (χ1n) is 7.19. The maximum atomic E-state index is 11.7. The highest BCUT2D eigenvalue weighted by molar-refractivity contribution is 6.00. The second-order valence-corrected chi connectivity index (χ2v) is 4.77. The number of ether oxygens (including phenoxy) is 2. The van der Waals surface area contributed by atoms with Crippen molar-refractivity contribution in [3.8, 4) is 5.75 Å². The van der Waals surface area contributed by atoms with Crippen LogP contribution in [-0.2, 0) is 11.3 Å². The number of carbonyl (C=O) groups is 2. The molecule has 0 aliphatic rings. The van der Waals surface area contributed by atoms with Crippen molar-refractivity contribution in [1.82, 2.24) is 0 Å². The molecule has 0 aliphatic carbocycles. The Labute approximate surface area is 139 Å². The van der Waals surface area contributed by atoms with Gasteiger partial charge in [-0.1, -0.05) is 49.1 Å². The minimum absolute atomic E-state index is 0.0152. The van der Waals surface area contributed by atoms with Crippen LogP contribution in [0.5, 0.6) is 5.75 Å². The van der Waals surface area contributed by atoms with Crippen LogP contribution < -0.4 is 10.1 Å². The third-order valence-electron chi connectivity index (χ3n) is 3.05. The monoisotopic (exact) mass is 327 g/mol. The van der Waals surface area contributed by atoms with Gasteiger partial charge >= 0.3 is 12.1 Å². The zero-order valence-electron chi connectivity index (χ0n) is 12.9. The van der Waals surface area contributed by atoms with E-state index in [2.05, 4.69) is 11.9 Å². The molecule has 124 valence electrons. The van der Waals surface area contributed by atoms with Crippen molar-refractivity contribution < 1.29 is 24.2 Å². The van der Waals surface area contributed by atoms with Crippen LogP contribution in [0.4, 0.5) is 10.5 Å².